The molecule has 0 saturated heterocycles. The van der Waals surface area contributed by atoms with E-state index in [4.69, 9.17) is 76.1 Å². The van der Waals surface area contributed by atoms with Crippen LogP contribution in [0, 0.1) is 55.9 Å². The first-order valence-corrected chi connectivity index (χ1v) is 34.4. The van der Waals surface area contributed by atoms with Crippen LogP contribution in [0.15, 0.2) is 128 Å². The van der Waals surface area contributed by atoms with Gasteiger partial charge in [-0.2, -0.15) is 0 Å². The molecule has 6 aromatic rings. The molecule has 7 rings (SSSR count). The molecule has 1 heterocycles. The Morgan fingerprint density at radius 3 is 1.42 bits per heavy atom. The number of carbonyl (C=O) groups is 10. The Hall–Kier alpha value is -12.5. The highest BCUT2D eigenvalue weighted by atomic mass is 16.8. The predicted molar refractivity (Wildman–Crippen MR) is 400 cm³/mol. The maximum atomic E-state index is 14.1. The summed E-state index contributed by atoms with van der Waals surface area (Å²) in [5.74, 6) is -6.36. The number of nitro groups is 1. The minimum Gasteiger partial charge on any atom is -0.425 e. The van der Waals surface area contributed by atoms with Crippen LogP contribution in [0.25, 0.3) is 17.2 Å². The molecule has 0 bridgehead atoms. The molecule has 0 spiro atoms. The number of anilines is 2. The molecule has 1 saturated carbocycles. The van der Waals surface area contributed by atoms with Crippen molar-refractivity contribution in [1.82, 2.24) is 10.3 Å². The summed E-state index contributed by atoms with van der Waals surface area (Å²) in [7, 11) is 0. The number of esters is 7. The van der Waals surface area contributed by atoms with Crippen LogP contribution >= 0.6 is 0 Å². The molecule has 31 heteroatoms. The molecule has 109 heavy (non-hydrogen) atoms. The first kappa shape index (κ1) is 88.9. The third kappa shape index (κ3) is 30.8. The van der Waals surface area contributed by atoms with Gasteiger partial charge in [-0.1, -0.05) is 104 Å². The van der Waals surface area contributed by atoms with Gasteiger partial charge in [0.2, 0.25) is 25.2 Å². The van der Waals surface area contributed by atoms with Gasteiger partial charge in [0, 0.05) is 92.3 Å². The fraction of sp³-hybridized carbons (Fsp3) is 0.359. The summed E-state index contributed by atoms with van der Waals surface area (Å²) in [6.07, 6.45) is -2.78. The topological polar surface area (TPSA) is 492 Å². The van der Waals surface area contributed by atoms with E-state index in [1.165, 1.54) is 70.2 Å². The number of aliphatic hydroxyl groups is 1. The van der Waals surface area contributed by atoms with Crippen molar-refractivity contribution < 1.29 is 101 Å². The van der Waals surface area contributed by atoms with E-state index in [0.717, 1.165) is 12.8 Å². The number of benzene rings is 5. The molecule has 1 fully saturated rings. The van der Waals surface area contributed by atoms with Crippen LogP contribution < -0.4 is 27.3 Å². The summed E-state index contributed by atoms with van der Waals surface area (Å²) >= 11 is 0. The van der Waals surface area contributed by atoms with E-state index in [9.17, 15) is 63.2 Å². The van der Waals surface area contributed by atoms with E-state index in [1.807, 2.05) is 0 Å². The molecule has 1 amide bonds. The molecule has 4 unspecified atom stereocenters. The van der Waals surface area contributed by atoms with Crippen molar-refractivity contribution in [1.29, 1.82) is 16.2 Å². The van der Waals surface area contributed by atoms with Gasteiger partial charge < -0.3 is 81.1 Å². The quantitative estimate of drug-likeness (QED) is 0.00191. The lowest BCUT2D eigenvalue weighted by atomic mass is 9.89. The molecule has 11 N–H and O–H groups in total. The second kappa shape index (κ2) is 43.2. The number of nitrogen functional groups attached to an aromatic ring is 3. The summed E-state index contributed by atoms with van der Waals surface area (Å²) in [5, 5.41) is 46.8. The summed E-state index contributed by atoms with van der Waals surface area (Å²) < 4.78 is 45.0. The van der Waals surface area contributed by atoms with Crippen molar-refractivity contribution in [2.45, 2.75) is 147 Å². The number of amides is 1. The molecular formula is C78H93N9O22. The molecule has 582 valence electrons. The summed E-state index contributed by atoms with van der Waals surface area (Å²) in [6, 6.07) is 30.8. The van der Waals surface area contributed by atoms with Gasteiger partial charge in [0.15, 0.2) is 11.5 Å². The zero-order valence-corrected chi connectivity index (χ0v) is 62.6. The highest BCUT2D eigenvalue weighted by molar-refractivity contribution is 6.10. The Bertz CT molecular complexity index is 4250. The van der Waals surface area contributed by atoms with Crippen LogP contribution in [0.5, 0.6) is 5.75 Å². The Morgan fingerprint density at radius 1 is 0.578 bits per heavy atom. The van der Waals surface area contributed by atoms with E-state index in [-0.39, 0.29) is 87.9 Å². The second-order valence-electron chi connectivity index (χ2n) is 25.7. The largest absolute Gasteiger partial charge is 0.516 e. The summed E-state index contributed by atoms with van der Waals surface area (Å²) in [4.78, 5) is 137. The maximum Gasteiger partial charge on any atom is 0.516 e. The van der Waals surface area contributed by atoms with Gasteiger partial charge in [-0.15, -0.1) is 0 Å². The van der Waals surface area contributed by atoms with Crippen molar-refractivity contribution >= 4 is 100 Å². The van der Waals surface area contributed by atoms with Crippen LogP contribution in [0.1, 0.15) is 173 Å². The van der Waals surface area contributed by atoms with Gasteiger partial charge in [-0.05, 0) is 125 Å². The van der Waals surface area contributed by atoms with Crippen molar-refractivity contribution in [3.63, 3.8) is 0 Å². The number of nitrogens with one attached hydrogen (secondary N) is 4. The third-order valence-corrected chi connectivity index (χ3v) is 15.0. The number of ketones is 1. The lowest BCUT2D eigenvalue weighted by molar-refractivity contribution is -0.384. The number of aromatic nitrogens is 1. The Morgan fingerprint density at radius 2 is 1.01 bits per heavy atom. The average molecular weight is 1510 g/mol. The number of hydrogen-bond acceptors (Lipinski definition) is 28. The lowest BCUT2D eigenvalue weighted by Gasteiger charge is -2.19. The number of aliphatic hydroxyl groups excluding tert-OH is 1. The van der Waals surface area contributed by atoms with Crippen LogP contribution in [-0.2, 0) is 79.7 Å². The minimum absolute atomic E-state index is 0.0531. The van der Waals surface area contributed by atoms with Crippen molar-refractivity contribution in [3.8, 4) is 16.9 Å². The number of nitrogens with two attached hydrogens (primary N) is 3. The van der Waals surface area contributed by atoms with Crippen LogP contribution in [0.4, 0.5) is 21.9 Å². The standard InChI is InChI=1S/C43H49N3O11.C15H20N2O4.C13H15NO7.C7H9N3/c1-8-29-18-34(37(48)17-27-11-13-30(14-12-27)35(44)20-38(49)54-25(6)55-41(51)23(2)3)33(19-31(29)22-47)32-15-16-36(40(50)45-21-28-9-10-28)46-39(32)43(53)57-26(7)56-42(52)24(4)5;1-9(2)15(19)21-10(3)20-14(18)8-13(17)11-4-6-12(16)7-5-11;1-8(2)12(15)19-9(3)20-13(16)21-11-6-4-10(5-7-11)14(17)18;8-6-3-1-5(2-4-6)7(9)10/h8,11-16,18-19,23-26,28,44,47H,1,9-10,17,20-22H2,2-7H3,(H,45,50);4-7,9-10,17H,8,16H2,1-3H3;4-9H,1-3H3;1-4H,8H2,(H3,9,10). The SMILES string of the molecule is C=Cc1cc(C(=O)Cc2ccc(C(=N)CC(=O)OC(C)OC(=O)C(C)C)cc2)c(-c2ccc(C(=O)NCC3CC3)nc2C(=O)OC(C)OC(=O)C(C)C)cc1CO.CC(OC(=O)CC(=N)c1ccc(N)cc1)OC(=O)C(C)C.CC(OC(=O)Oc1ccc([N+](=O)[O-])cc1)OC(=O)C(C)C.N=C(N)c1ccc(N)cc1. The van der Waals surface area contributed by atoms with Crippen LogP contribution in [0.3, 0.4) is 0 Å². The second-order valence-corrected chi connectivity index (χ2v) is 25.7. The number of ether oxygens (including phenoxy) is 9. The zero-order chi connectivity index (χ0) is 81.5. The molecule has 0 aliphatic heterocycles. The van der Waals surface area contributed by atoms with E-state index < -0.39 is 108 Å². The highest BCUT2D eigenvalue weighted by Gasteiger charge is 2.29. The number of amidine groups is 1. The van der Waals surface area contributed by atoms with Gasteiger partial charge in [0.25, 0.3) is 11.6 Å². The van der Waals surface area contributed by atoms with Gasteiger partial charge in [0.05, 0.1) is 48.0 Å². The van der Waals surface area contributed by atoms with Crippen molar-refractivity contribution in [2.75, 3.05) is 18.0 Å². The third-order valence-electron chi connectivity index (χ3n) is 15.0. The minimum atomic E-state index is -1.31. The number of Topliss-reactive ketones (excluding diaryl/α,β-unsaturated/α-hetero) is 1. The van der Waals surface area contributed by atoms with Gasteiger partial charge in [-0.3, -0.25) is 53.9 Å². The lowest BCUT2D eigenvalue weighted by Crippen LogP contribution is -2.28. The van der Waals surface area contributed by atoms with E-state index >= 15 is 0 Å². The average Bonchev–Trinajstić information content (AvgIpc) is 0.822. The first-order valence-electron chi connectivity index (χ1n) is 34.4. The Balaban J connectivity index is 0.000000388. The van der Waals surface area contributed by atoms with E-state index in [0.29, 0.717) is 57.2 Å². The molecule has 5 aromatic carbocycles. The zero-order valence-electron chi connectivity index (χ0n) is 62.6. The van der Waals surface area contributed by atoms with Crippen molar-refractivity contribution in [3.05, 3.63) is 188 Å². The van der Waals surface area contributed by atoms with Gasteiger partial charge in [0.1, 0.15) is 17.3 Å². The van der Waals surface area contributed by atoms with Crippen molar-refractivity contribution in [2.24, 2.45) is 35.3 Å². The molecular weight excluding hydrogens is 1410 g/mol. The summed E-state index contributed by atoms with van der Waals surface area (Å²) in [5.41, 5.74) is 20.6. The monoisotopic (exact) mass is 1510 g/mol. The molecule has 1 aliphatic rings. The van der Waals surface area contributed by atoms with Gasteiger partial charge in [-0.25, -0.2) is 14.6 Å². The molecule has 31 nitrogen and oxygen atoms in total. The molecule has 1 aliphatic carbocycles. The maximum absolute atomic E-state index is 14.1. The fourth-order valence-electron chi connectivity index (χ4n) is 8.84. The van der Waals surface area contributed by atoms with Crippen LogP contribution in [0.2, 0.25) is 0 Å². The summed E-state index contributed by atoms with van der Waals surface area (Å²) in [6.45, 7) is 22.7. The van der Waals surface area contributed by atoms with E-state index in [2.05, 4.69) is 16.9 Å². The number of pyridine rings is 1. The molecule has 4 atom stereocenters. The number of nitro benzene ring substituents is 1. The highest BCUT2D eigenvalue weighted by Crippen LogP contribution is 2.33. The number of carbonyl (C=O) groups excluding carboxylic acids is 10. The molecule has 1 aromatic heterocycles. The number of rotatable bonds is 31. The smallest absolute Gasteiger partial charge is 0.425 e. The Labute approximate surface area is 630 Å². The fourth-order valence-corrected chi connectivity index (χ4v) is 8.84. The number of hydrogen-bond donors (Lipinski definition) is 8. The normalized spacial score (nSPS) is 12.3. The predicted octanol–water partition coefficient (Wildman–Crippen LogP) is 11.3. The number of nitrogens with zero attached hydrogens (tertiary/aromatic N) is 2. The van der Waals surface area contributed by atoms with E-state index in [1.54, 1.807) is 140 Å². The Kier molecular flexibility index (Phi) is 35.2. The molecule has 0 radical (unpaired) electrons. The van der Waals surface area contributed by atoms with Gasteiger partial charge >= 0.3 is 47.9 Å². The number of non-ortho nitro benzene ring substituents is 1. The van der Waals surface area contributed by atoms with Crippen LogP contribution in [-0.4, -0.2) is 124 Å². The first-order chi connectivity index (χ1) is 51.3.